The first kappa shape index (κ1) is 17.7. The fourth-order valence-corrected chi connectivity index (χ4v) is 3.86. The summed E-state index contributed by atoms with van der Waals surface area (Å²) in [6, 6.07) is 6.93. The molecule has 3 rings (SSSR count). The van der Waals surface area contributed by atoms with E-state index in [1.807, 2.05) is 6.07 Å². The summed E-state index contributed by atoms with van der Waals surface area (Å²) in [4.78, 5) is 4.96. The van der Waals surface area contributed by atoms with E-state index in [0.29, 0.717) is 18.5 Å². The van der Waals surface area contributed by atoms with Crippen molar-refractivity contribution < 1.29 is 13.2 Å². The Hall–Kier alpha value is -1.07. The summed E-state index contributed by atoms with van der Waals surface area (Å²) in [5.41, 5.74) is 0.210. The van der Waals surface area contributed by atoms with Gasteiger partial charge in [-0.1, -0.05) is 38.5 Å². The van der Waals surface area contributed by atoms with Gasteiger partial charge in [0.15, 0.2) is 0 Å². The molecule has 0 amide bonds. The zero-order valence-electron chi connectivity index (χ0n) is 14.5. The average molecular weight is 340 g/mol. The summed E-state index contributed by atoms with van der Waals surface area (Å²) in [6.07, 6.45) is -0.325. The maximum absolute atomic E-state index is 12.9. The van der Waals surface area contributed by atoms with Crippen molar-refractivity contribution >= 4 is 0 Å². The van der Waals surface area contributed by atoms with Gasteiger partial charge in [0.2, 0.25) is 0 Å². The molecular formula is C19H27F3N2. The van der Waals surface area contributed by atoms with Gasteiger partial charge in [-0.2, -0.15) is 13.2 Å². The molecular weight excluding hydrogens is 313 g/mol. The van der Waals surface area contributed by atoms with Gasteiger partial charge in [-0.15, -0.1) is 0 Å². The van der Waals surface area contributed by atoms with E-state index in [-0.39, 0.29) is 0 Å². The zero-order valence-corrected chi connectivity index (χ0v) is 14.5. The molecule has 2 fully saturated rings. The normalized spacial score (nSPS) is 24.3. The van der Waals surface area contributed by atoms with Crippen molar-refractivity contribution in [2.24, 2.45) is 5.92 Å². The van der Waals surface area contributed by atoms with Gasteiger partial charge >= 0.3 is 6.18 Å². The van der Waals surface area contributed by atoms with Crippen LogP contribution in [0.25, 0.3) is 0 Å². The molecule has 134 valence electrons. The van der Waals surface area contributed by atoms with E-state index < -0.39 is 11.7 Å². The van der Waals surface area contributed by atoms with Gasteiger partial charge in [0.1, 0.15) is 0 Å². The first-order valence-corrected chi connectivity index (χ1v) is 8.99. The van der Waals surface area contributed by atoms with Gasteiger partial charge in [0.05, 0.1) is 5.56 Å². The third kappa shape index (κ3) is 3.94. The van der Waals surface area contributed by atoms with Crippen molar-refractivity contribution in [3.8, 4) is 0 Å². The topological polar surface area (TPSA) is 6.48 Å². The molecule has 0 N–H and O–H groups in total. The minimum Gasteiger partial charge on any atom is -0.298 e. The van der Waals surface area contributed by atoms with Gasteiger partial charge in [-0.3, -0.25) is 9.80 Å². The largest absolute Gasteiger partial charge is 0.416 e. The molecule has 24 heavy (non-hydrogen) atoms. The van der Waals surface area contributed by atoms with E-state index in [1.165, 1.54) is 31.4 Å². The molecule has 1 unspecified atom stereocenters. The van der Waals surface area contributed by atoms with Crippen LogP contribution >= 0.6 is 0 Å². The SMILES string of the molecule is CC(C)C1CN(C2CCC2)CCN1Cc1cccc(C(F)(F)F)c1. The number of halogens is 3. The Labute approximate surface area is 142 Å². The van der Waals surface area contributed by atoms with E-state index in [0.717, 1.165) is 37.3 Å². The highest BCUT2D eigenvalue weighted by Gasteiger charge is 2.35. The quantitative estimate of drug-likeness (QED) is 0.801. The monoisotopic (exact) mass is 340 g/mol. The van der Waals surface area contributed by atoms with E-state index >= 15 is 0 Å². The van der Waals surface area contributed by atoms with Crippen LogP contribution in [0.15, 0.2) is 24.3 Å². The van der Waals surface area contributed by atoms with Crippen LogP contribution in [0.3, 0.4) is 0 Å². The molecule has 2 aliphatic rings. The van der Waals surface area contributed by atoms with Crippen LogP contribution in [-0.2, 0) is 12.7 Å². The maximum atomic E-state index is 12.9. The summed E-state index contributed by atoms with van der Waals surface area (Å²) in [5.74, 6) is 0.499. The lowest BCUT2D eigenvalue weighted by atomic mass is 9.89. The van der Waals surface area contributed by atoms with Gasteiger partial charge in [0, 0.05) is 38.3 Å². The lowest BCUT2D eigenvalue weighted by molar-refractivity contribution is -0.137. The fourth-order valence-electron chi connectivity index (χ4n) is 3.86. The van der Waals surface area contributed by atoms with Crippen molar-refractivity contribution in [1.82, 2.24) is 9.80 Å². The van der Waals surface area contributed by atoms with Crippen LogP contribution in [0.5, 0.6) is 0 Å². The Morgan fingerprint density at radius 1 is 1.17 bits per heavy atom. The number of piperazine rings is 1. The molecule has 0 aromatic heterocycles. The first-order valence-electron chi connectivity index (χ1n) is 8.99. The Balaban J connectivity index is 1.69. The summed E-state index contributed by atoms with van der Waals surface area (Å²) in [7, 11) is 0. The van der Waals surface area contributed by atoms with E-state index in [9.17, 15) is 13.2 Å². The highest BCUT2D eigenvalue weighted by Crippen LogP contribution is 2.31. The molecule has 1 atom stereocenters. The number of rotatable bonds is 4. The summed E-state index contributed by atoms with van der Waals surface area (Å²) < 4.78 is 38.7. The molecule has 0 bridgehead atoms. The molecule has 1 aromatic rings. The lowest BCUT2D eigenvalue weighted by Gasteiger charge is -2.48. The second kappa shape index (κ2) is 7.04. The van der Waals surface area contributed by atoms with Crippen LogP contribution < -0.4 is 0 Å². The van der Waals surface area contributed by atoms with Gasteiger partial charge in [-0.05, 0) is 30.4 Å². The van der Waals surface area contributed by atoms with E-state index in [4.69, 9.17) is 0 Å². The Morgan fingerprint density at radius 3 is 2.50 bits per heavy atom. The third-order valence-corrected chi connectivity index (χ3v) is 5.57. The maximum Gasteiger partial charge on any atom is 0.416 e. The third-order valence-electron chi connectivity index (χ3n) is 5.57. The molecule has 0 radical (unpaired) electrons. The highest BCUT2D eigenvalue weighted by atomic mass is 19.4. The highest BCUT2D eigenvalue weighted by molar-refractivity contribution is 5.25. The molecule has 1 saturated heterocycles. The predicted molar refractivity (Wildman–Crippen MR) is 89.7 cm³/mol. The molecule has 1 aliphatic heterocycles. The Bertz CT molecular complexity index is 552. The summed E-state index contributed by atoms with van der Waals surface area (Å²) >= 11 is 0. The number of hydrogen-bond acceptors (Lipinski definition) is 2. The van der Waals surface area contributed by atoms with Crippen LogP contribution in [0.4, 0.5) is 13.2 Å². The van der Waals surface area contributed by atoms with Gasteiger partial charge in [-0.25, -0.2) is 0 Å². The molecule has 5 heteroatoms. The van der Waals surface area contributed by atoms with Gasteiger partial charge in [0.25, 0.3) is 0 Å². The first-order chi connectivity index (χ1) is 11.3. The molecule has 2 nitrogen and oxygen atoms in total. The predicted octanol–water partition coefficient (Wildman–Crippen LogP) is 4.40. The molecule has 1 aliphatic carbocycles. The van der Waals surface area contributed by atoms with Crippen LogP contribution in [-0.4, -0.2) is 41.5 Å². The lowest BCUT2D eigenvalue weighted by Crippen LogP contribution is -2.58. The zero-order chi connectivity index (χ0) is 17.3. The number of hydrogen-bond donors (Lipinski definition) is 0. The van der Waals surface area contributed by atoms with Crippen molar-refractivity contribution in [2.75, 3.05) is 19.6 Å². The molecule has 0 spiro atoms. The second-order valence-electron chi connectivity index (χ2n) is 7.56. The summed E-state index contributed by atoms with van der Waals surface area (Å²) in [5, 5.41) is 0. The summed E-state index contributed by atoms with van der Waals surface area (Å²) in [6.45, 7) is 8.05. The minimum absolute atomic E-state index is 0.411. The van der Waals surface area contributed by atoms with Crippen molar-refractivity contribution in [2.45, 2.75) is 57.9 Å². The number of alkyl halides is 3. The standard InChI is InChI=1S/C19H27F3N2/c1-14(2)18-13-23(17-7-4-8-17)9-10-24(18)12-15-5-3-6-16(11-15)19(20,21)22/h3,5-6,11,14,17-18H,4,7-10,12-13H2,1-2H3. The average Bonchev–Trinajstić information content (AvgIpc) is 2.46. The van der Waals surface area contributed by atoms with Crippen molar-refractivity contribution in [3.05, 3.63) is 35.4 Å². The number of nitrogens with zero attached hydrogens (tertiary/aromatic N) is 2. The Kier molecular flexibility index (Phi) is 5.21. The van der Waals surface area contributed by atoms with Gasteiger partial charge < -0.3 is 0 Å². The van der Waals surface area contributed by atoms with Crippen molar-refractivity contribution in [1.29, 1.82) is 0 Å². The molecule has 1 saturated carbocycles. The van der Waals surface area contributed by atoms with E-state index in [2.05, 4.69) is 23.6 Å². The van der Waals surface area contributed by atoms with Crippen LogP contribution in [0, 0.1) is 5.92 Å². The van der Waals surface area contributed by atoms with Crippen LogP contribution in [0.2, 0.25) is 0 Å². The number of benzene rings is 1. The fraction of sp³-hybridized carbons (Fsp3) is 0.684. The molecule has 1 aromatic carbocycles. The molecule has 1 heterocycles. The van der Waals surface area contributed by atoms with Crippen molar-refractivity contribution in [3.63, 3.8) is 0 Å². The van der Waals surface area contributed by atoms with E-state index in [1.54, 1.807) is 0 Å². The Morgan fingerprint density at radius 2 is 1.92 bits per heavy atom. The smallest absolute Gasteiger partial charge is 0.298 e. The second-order valence-corrected chi connectivity index (χ2v) is 7.56. The van der Waals surface area contributed by atoms with Crippen LogP contribution in [0.1, 0.15) is 44.2 Å². The minimum atomic E-state index is -4.27.